The van der Waals surface area contributed by atoms with Crippen molar-refractivity contribution in [3.05, 3.63) is 0 Å². The third kappa shape index (κ3) is 5.10. The molecule has 0 radical (unpaired) electrons. The van der Waals surface area contributed by atoms with E-state index in [1.54, 1.807) is 7.05 Å². The largest absolute Gasteiger partial charge is 0.376 e. The summed E-state index contributed by atoms with van der Waals surface area (Å²) >= 11 is 9.90. The SMILES string of the molecule is CNC(=S)NNC(=S)NC[C@H]1CCCO1. The zero-order chi connectivity index (χ0) is 11.1. The molecule has 1 heterocycles. The van der Waals surface area contributed by atoms with Gasteiger partial charge >= 0.3 is 0 Å². The van der Waals surface area contributed by atoms with Crippen LogP contribution in [0.5, 0.6) is 0 Å². The molecule has 0 aromatic carbocycles. The van der Waals surface area contributed by atoms with Crippen LogP contribution in [0.2, 0.25) is 0 Å². The van der Waals surface area contributed by atoms with E-state index in [1.807, 2.05) is 0 Å². The number of rotatable bonds is 2. The highest BCUT2D eigenvalue weighted by Gasteiger charge is 2.14. The van der Waals surface area contributed by atoms with Gasteiger partial charge in [0.05, 0.1) is 6.10 Å². The average molecular weight is 248 g/mol. The topological polar surface area (TPSA) is 57.3 Å². The third-order valence-corrected chi connectivity index (χ3v) is 2.58. The maximum atomic E-state index is 5.44. The van der Waals surface area contributed by atoms with Crippen molar-refractivity contribution >= 4 is 34.7 Å². The molecule has 5 nitrogen and oxygen atoms in total. The van der Waals surface area contributed by atoms with Gasteiger partial charge in [-0.3, -0.25) is 10.9 Å². The zero-order valence-corrected chi connectivity index (χ0v) is 10.3. The minimum absolute atomic E-state index is 0.279. The normalized spacial score (nSPS) is 19.4. The van der Waals surface area contributed by atoms with Gasteiger partial charge in [0, 0.05) is 20.2 Å². The first-order chi connectivity index (χ1) is 7.22. The Morgan fingerprint density at radius 2 is 2.07 bits per heavy atom. The number of hydrogen-bond acceptors (Lipinski definition) is 3. The maximum Gasteiger partial charge on any atom is 0.185 e. The summed E-state index contributed by atoms with van der Waals surface area (Å²) in [6.45, 7) is 1.59. The van der Waals surface area contributed by atoms with Crippen LogP contribution in [-0.4, -0.2) is 36.5 Å². The second kappa shape index (κ2) is 6.76. The highest BCUT2D eigenvalue weighted by Crippen LogP contribution is 2.10. The molecule has 1 aliphatic heterocycles. The van der Waals surface area contributed by atoms with Crippen molar-refractivity contribution in [2.45, 2.75) is 18.9 Å². The fourth-order valence-corrected chi connectivity index (χ4v) is 1.42. The molecule has 0 spiro atoms. The lowest BCUT2D eigenvalue weighted by molar-refractivity contribution is 0.114. The van der Waals surface area contributed by atoms with Gasteiger partial charge in [-0.1, -0.05) is 0 Å². The van der Waals surface area contributed by atoms with Crippen LogP contribution in [-0.2, 0) is 4.74 Å². The van der Waals surface area contributed by atoms with Crippen LogP contribution in [0.25, 0.3) is 0 Å². The van der Waals surface area contributed by atoms with E-state index in [4.69, 9.17) is 29.2 Å². The molecule has 0 aromatic rings. The molecule has 1 fully saturated rings. The van der Waals surface area contributed by atoms with E-state index in [0.717, 1.165) is 26.0 Å². The Morgan fingerprint density at radius 3 is 2.67 bits per heavy atom. The van der Waals surface area contributed by atoms with E-state index in [2.05, 4.69) is 21.5 Å². The van der Waals surface area contributed by atoms with Crippen LogP contribution in [0.3, 0.4) is 0 Å². The van der Waals surface area contributed by atoms with Crippen LogP contribution in [0.15, 0.2) is 0 Å². The number of thiocarbonyl (C=S) groups is 2. The monoisotopic (exact) mass is 248 g/mol. The summed E-state index contributed by atoms with van der Waals surface area (Å²) in [5.74, 6) is 0. The van der Waals surface area contributed by atoms with Gasteiger partial charge in [-0.05, 0) is 37.3 Å². The van der Waals surface area contributed by atoms with Gasteiger partial charge < -0.3 is 15.4 Å². The minimum atomic E-state index is 0.279. The van der Waals surface area contributed by atoms with Crippen LogP contribution in [0.1, 0.15) is 12.8 Å². The Balaban J connectivity index is 2.05. The predicted octanol–water partition coefficient (Wildman–Crippen LogP) is -0.362. The van der Waals surface area contributed by atoms with Gasteiger partial charge in [0.25, 0.3) is 0 Å². The third-order valence-electron chi connectivity index (χ3n) is 2.03. The Labute approximate surface area is 100 Å². The number of hydrogen-bond donors (Lipinski definition) is 4. The number of nitrogens with one attached hydrogen (secondary N) is 4. The molecule has 7 heteroatoms. The summed E-state index contributed by atoms with van der Waals surface area (Å²) in [5, 5.41) is 6.83. The molecule has 0 bridgehead atoms. The fraction of sp³-hybridized carbons (Fsp3) is 0.750. The van der Waals surface area contributed by atoms with Crippen LogP contribution < -0.4 is 21.5 Å². The molecular weight excluding hydrogens is 232 g/mol. The average Bonchev–Trinajstić information content (AvgIpc) is 2.75. The predicted molar refractivity (Wildman–Crippen MR) is 67.5 cm³/mol. The van der Waals surface area contributed by atoms with E-state index in [9.17, 15) is 0 Å². The Kier molecular flexibility index (Phi) is 5.59. The van der Waals surface area contributed by atoms with E-state index in [0.29, 0.717) is 10.2 Å². The molecule has 0 aromatic heterocycles. The smallest absolute Gasteiger partial charge is 0.185 e. The molecule has 1 rings (SSSR count). The van der Waals surface area contributed by atoms with E-state index in [-0.39, 0.29) is 6.10 Å². The number of hydrazine groups is 1. The highest BCUT2D eigenvalue weighted by molar-refractivity contribution is 7.80. The lowest BCUT2D eigenvalue weighted by Gasteiger charge is -2.15. The first-order valence-electron chi connectivity index (χ1n) is 4.85. The van der Waals surface area contributed by atoms with Gasteiger partial charge in [0.2, 0.25) is 0 Å². The van der Waals surface area contributed by atoms with Crippen LogP contribution in [0.4, 0.5) is 0 Å². The Morgan fingerprint density at radius 1 is 1.33 bits per heavy atom. The highest BCUT2D eigenvalue weighted by atomic mass is 32.1. The number of ether oxygens (including phenoxy) is 1. The standard InChI is InChI=1S/C8H16N4OS2/c1-9-7(14)11-12-8(15)10-5-6-3-2-4-13-6/h6H,2-5H2,1H3,(H2,9,11,14)(H2,10,12,15)/t6-/m1/s1. The first-order valence-corrected chi connectivity index (χ1v) is 5.67. The Bertz CT molecular complexity index is 231. The van der Waals surface area contributed by atoms with Crippen molar-refractivity contribution in [1.29, 1.82) is 0 Å². The van der Waals surface area contributed by atoms with Gasteiger partial charge in [-0.2, -0.15) is 0 Å². The summed E-state index contributed by atoms with van der Waals surface area (Å²) in [6, 6.07) is 0. The molecule has 86 valence electrons. The molecule has 0 saturated carbocycles. The molecule has 0 unspecified atom stereocenters. The second-order valence-corrected chi connectivity index (χ2v) is 3.99. The second-order valence-electron chi connectivity index (χ2n) is 3.17. The van der Waals surface area contributed by atoms with Crippen molar-refractivity contribution in [3.63, 3.8) is 0 Å². The minimum Gasteiger partial charge on any atom is -0.376 e. The Hall–Kier alpha value is -0.660. The first kappa shape index (κ1) is 12.4. The van der Waals surface area contributed by atoms with Gasteiger partial charge in [0.1, 0.15) is 0 Å². The summed E-state index contributed by atoms with van der Waals surface area (Å²) in [5.41, 5.74) is 5.50. The molecule has 0 aliphatic carbocycles. The van der Waals surface area contributed by atoms with Crippen LogP contribution in [0, 0.1) is 0 Å². The lowest BCUT2D eigenvalue weighted by Crippen LogP contribution is -2.50. The van der Waals surface area contributed by atoms with Crippen molar-refractivity contribution in [2.75, 3.05) is 20.2 Å². The van der Waals surface area contributed by atoms with E-state index < -0.39 is 0 Å². The van der Waals surface area contributed by atoms with Crippen molar-refractivity contribution < 1.29 is 4.74 Å². The van der Waals surface area contributed by atoms with Crippen LogP contribution >= 0.6 is 24.4 Å². The summed E-state index contributed by atoms with van der Waals surface area (Å²) in [6.07, 6.45) is 2.51. The van der Waals surface area contributed by atoms with E-state index in [1.165, 1.54) is 0 Å². The maximum absolute atomic E-state index is 5.44. The zero-order valence-electron chi connectivity index (χ0n) is 8.63. The molecule has 1 atom stereocenters. The molecule has 1 saturated heterocycles. The quantitative estimate of drug-likeness (QED) is 0.393. The summed E-state index contributed by atoms with van der Waals surface area (Å²) < 4.78 is 5.44. The molecule has 0 amide bonds. The summed E-state index contributed by atoms with van der Waals surface area (Å²) in [4.78, 5) is 0. The summed E-state index contributed by atoms with van der Waals surface area (Å²) in [7, 11) is 1.74. The molecule has 15 heavy (non-hydrogen) atoms. The van der Waals surface area contributed by atoms with Gasteiger partial charge in [0.15, 0.2) is 10.2 Å². The van der Waals surface area contributed by atoms with E-state index >= 15 is 0 Å². The molecule has 4 N–H and O–H groups in total. The fourth-order valence-electron chi connectivity index (χ4n) is 1.23. The van der Waals surface area contributed by atoms with Crippen molar-refractivity contribution in [1.82, 2.24) is 21.5 Å². The molecule has 1 aliphatic rings. The van der Waals surface area contributed by atoms with Crippen molar-refractivity contribution in [3.8, 4) is 0 Å². The van der Waals surface area contributed by atoms with Gasteiger partial charge in [-0.15, -0.1) is 0 Å². The lowest BCUT2D eigenvalue weighted by atomic mass is 10.2. The molecular formula is C8H16N4OS2. The van der Waals surface area contributed by atoms with Crippen molar-refractivity contribution in [2.24, 2.45) is 0 Å². The van der Waals surface area contributed by atoms with Gasteiger partial charge in [-0.25, -0.2) is 0 Å².